The predicted molar refractivity (Wildman–Crippen MR) is 55.8 cm³/mol. The number of rotatable bonds is 3. The van der Waals surface area contributed by atoms with E-state index < -0.39 is 0 Å². The molecule has 0 saturated carbocycles. The van der Waals surface area contributed by atoms with Gasteiger partial charge in [0.2, 0.25) is 0 Å². The van der Waals surface area contributed by atoms with Crippen LogP contribution in [0.3, 0.4) is 0 Å². The number of pyridine rings is 1. The number of anilines is 1. The van der Waals surface area contributed by atoms with E-state index in [-0.39, 0.29) is 5.91 Å². The number of nitrogens with zero attached hydrogens (tertiary/aromatic N) is 3. The second-order valence-electron chi connectivity index (χ2n) is 3.10. The highest BCUT2D eigenvalue weighted by atomic mass is 16.2. The van der Waals surface area contributed by atoms with E-state index in [0.717, 1.165) is 0 Å². The third-order valence-electron chi connectivity index (χ3n) is 1.99. The monoisotopic (exact) mass is 204 g/mol. The summed E-state index contributed by atoms with van der Waals surface area (Å²) in [7, 11) is 1.64. The molecule has 1 heterocycles. The molecule has 0 unspecified atom stereocenters. The number of hydrogen-bond acceptors (Lipinski definition) is 4. The van der Waals surface area contributed by atoms with Crippen molar-refractivity contribution in [1.82, 2.24) is 9.88 Å². The van der Waals surface area contributed by atoms with Crippen molar-refractivity contribution in [3.8, 4) is 6.07 Å². The van der Waals surface area contributed by atoms with Crippen LogP contribution in [0.5, 0.6) is 0 Å². The standard InChI is InChI=1S/C10H12N4O/c1-14(6-2-4-11)10(15)8-3-5-13-7-9(8)12/h3,5,7H,2,6,12H2,1H3. The van der Waals surface area contributed by atoms with E-state index in [4.69, 9.17) is 11.0 Å². The molecule has 0 radical (unpaired) electrons. The van der Waals surface area contributed by atoms with Crippen molar-refractivity contribution in [2.75, 3.05) is 19.3 Å². The zero-order valence-corrected chi connectivity index (χ0v) is 8.47. The molecule has 1 aromatic rings. The lowest BCUT2D eigenvalue weighted by molar-refractivity contribution is 0.0799. The van der Waals surface area contributed by atoms with Gasteiger partial charge in [0.05, 0.1) is 29.9 Å². The first-order valence-corrected chi connectivity index (χ1v) is 4.48. The molecule has 1 amide bonds. The third kappa shape index (κ3) is 2.68. The van der Waals surface area contributed by atoms with Crippen LogP contribution in [0.1, 0.15) is 16.8 Å². The van der Waals surface area contributed by atoms with Gasteiger partial charge >= 0.3 is 0 Å². The fourth-order valence-corrected chi connectivity index (χ4v) is 1.13. The molecule has 2 N–H and O–H groups in total. The smallest absolute Gasteiger partial charge is 0.255 e. The van der Waals surface area contributed by atoms with Gasteiger partial charge in [0.1, 0.15) is 0 Å². The number of nitrogen functional groups attached to an aromatic ring is 1. The summed E-state index contributed by atoms with van der Waals surface area (Å²) in [6.07, 6.45) is 3.26. The Balaban J connectivity index is 2.77. The minimum absolute atomic E-state index is 0.190. The zero-order chi connectivity index (χ0) is 11.3. The fraction of sp³-hybridized carbons (Fsp3) is 0.300. The lowest BCUT2D eigenvalue weighted by Gasteiger charge is -2.16. The first kappa shape index (κ1) is 11.0. The lowest BCUT2D eigenvalue weighted by Crippen LogP contribution is -2.28. The minimum atomic E-state index is -0.190. The summed E-state index contributed by atoms with van der Waals surface area (Å²) in [5.74, 6) is -0.190. The normalized spacial score (nSPS) is 9.33. The van der Waals surface area contributed by atoms with Gasteiger partial charge in [0, 0.05) is 19.8 Å². The average molecular weight is 204 g/mol. The highest BCUT2D eigenvalue weighted by Gasteiger charge is 2.13. The maximum absolute atomic E-state index is 11.8. The Bertz CT molecular complexity index is 397. The lowest BCUT2D eigenvalue weighted by atomic mass is 10.2. The molecule has 15 heavy (non-hydrogen) atoms. The molecule has 0 spiro atoms. The van der Waals surface area contributed by atoms with E-state index in [9.17, 15) is 4.79 Å². The molecule has 0 aliphatic heterocycles. The molecular formula is C10H12N4O. The number of carbonyl (C=O) groups excluding carboxylic acids is 1. The maximum atomic E-state index is 11.8. The molecule has 78 valence electrons. The number of nitrogens with two attached hydrogens (primary N) is 1. The van der Waals surface area contributed by atoms with Gasteiger partial charge in [-0.1, -0.05) is 0 Å². The van der Waals surface area contributed by atoms with Gasteiger partial charge in [-0.25, -0.2) is 0 Å². The second-order valence-corrected chi connectivity index (χ2v) is 3.10. The highest BCUT2D eigenvalue weighted by molar-refractivity contribution is 5.98. The molecule has 5 nitrogen and oxygen atoms in total. The van der Waals surface area contributed by atoms with Gasteiger partial charge in [-0.05, 0) is 6.07 Å². The average Bonchev–Trinajstić information content (AvgIpc) is 2.25. The number of nitriles is 1. The molecule has 0 aromatic carbocycles. The van der Waals surface area contributed by atoms with Crippen LogP contribution in [0.2, 0.25) is 0 Å². The molecule has 5 heteroatoms. The molecule has 0 saturated heterocycles. The Hall–Kier alpha value is -2.09. The number of carbonyl (C=O) groups is 1. The van der Waals surface area contributed by atoms with Crippen molar-refractivity contribution in [1.29, 1.82) is 5.26 Å². The van der Waals surface area contributed by atoms with Crippen molar-refractivity contribution in [3.63, 3.8) is 0 Å². The highest BCUT2D eigenvalue weighted by Crippen LogP contribution is 2.11. The first-order chi connectivity index (χ1) is 7.16. The summed E-state index contributed by atoms with van der Waals surface area (Å²) >= 11 is 0. The van der Waals surface area contributed by atoms with Crippen LogP contribution in [0.25, 0.3) is 0 Å². The van der Waals surface area contributed by atoms with Crippen molar-refractivity contribution >= 4 is 11.6 Å². The second kappa shape index (κ2) is 4.96. The van der Waals surface area contributed by atoms with Crippen LogP contribution in [0.15, 0.2) is 18.5 Å². The third-order valence-corrected chi connectivity index (χ3v) is 1.99. The van der Waals surface area contributed by atoms with E-state index in [1.165, 1.54) is 17.3 Å². The Morgan fingerprint density at radius 1 is 1.73 bits per heavy atom. The van der Waals surface area contributed by atoms with Crippen LogP contribution >= 0.6 is 0 Å². The Morgan fingerprint density at radius 2 is 2.47 bits per heavy atom. The molecule has 1 rings (SSSR count). The van der Waals surface area contributed by atoms with Crippen LogP contribution in [-0.2, 0) is 0 Å². The largest absolute Gasteiger partial charge is 0.397 e. The Kier molecular flexibility index (Phi) is 3.63. The van der Waals surface area contributed by atoms with Crippen LogP contribution < -0.4 is 5.73 Å². The topological polar surface area (TPSA) is 83.0 Å². The van der Waals surface area contributed by atoms with Crippen molar-refractivity contribution in [3.05, 3.63) is 24.0 Å². The molecule has 0 atom stereocenters. The van der Waals surface area contributed by atoms with Crippen LogP contribution in [-0.4, -0.2) is 29.4 Å². The predicted octanol–water partition coefficient (Wildman–Crippen LogP) is 0.649. The molecular weight excluding hydrogens is 192 g/mol. The van der Waals surface area contributed by atoms with Gasteiger partial charge in [-0.2, -0.15) is 5.26 Å². The quantitative estimate of drug-likeness (QED) is 0.783. The SMILES string of the molecule is CN(CCC#N)C(=O)c1ccncc1N. The van der Waals surface area contributed by atoms with Crippen molar-refractivity contribution in [2.45, 2.75) is 6.42 Å². The van der Waals surface area contributed by atoms with E-state index in [1.54, 1.807) is 13.1 Å². The Morgan fingerprint density at radius 3 is 3.07 bits per heavy atom. The zero-order valence-electron chi connectivity index (χ0n) is 8.47. The fourth-order valence-electron chi connectivity index (χ4n) is 1.13. The number of aromatic nitrogens is 1. The van der Waals surface area contributed by atoms with E-state index in [1.807, 2.05) is 6.07 Å². The van der Waals surface area contributed by atoms with E-state index >= 15 is 0 Å². The molecule has 1 aromatic heterocycles. The molecule has 0 bridgehead atoms. The maximum Gasteiger partial charge on any atom is 0.255 e. The van der Waals surface area contributed by atoms with Crippen LogP contribution in [0.4, 0.5) is 5.69 Å². The van der Waals surface area contributed by atoms with Gasteiger partial charge < -0.3 is 10.6 Å². The number of amides is 1. The summed E-state index contributed by atoms with van der Waals surface area (Å²) in [6.45, 7) is 0.400. The summed E-state index contributed by atoms with van der Waals surface area (Å²) in [5.41, 5.74) is 6.39. The molecule has 0 aliphatic carbocycles. The minimum Gasteiger partial charge on any atom is -0.397 e. The molecule has 0 aliphatic rings. The summed E-state index contributed by atoms with van der Waals surface area (Å²) < 4.78 is 0. The summed E-state index contributed by atoms with van der Waals surface area (Å²) in [4.78, 5) is 17.0. The first-order valence-electron chi connectivity index (χ1n) is 4.48. The summed E-state index contributed by atoms with van der Waals surface area (Å²) in [5, 5.41) is 8.40. The summed E-state index contributed by atoms with van der Waals surface area (Å²) in [6, 6.07) is 3.55. The van der Waals surface area contributed by atoms with Crippen molar-refractivity contribution < 1.29 is 4.79 Å². The van der Waals surface area contributed by atoms with E-state index in [2.05, 4.69) is 4.98 Å². The van der Waals surface area contributed by atoms with Crippen LogP contribution in [0, 0.1) is 11.3 Å². The van der Waals surface area contributed by atoms with Crippen molar-refractivity contribution in [2.24, 2.45) is 0 Å². The van der Waals surface area contributed by atoms with Gasteiger partial charge in [0.25, 0.3) is 5.91 Å². The van der Waals surface area contributed by atoms with Gasteiger partial charge in [0.15, 0.2) is 0 Å². The Labute approximate surface area is 88.1 Å². The van der Waals surface area contributed by atoms with E-state index in [0.29, 0.717) is 24.2 Å². The van der Waals surface area contributed by atoms with Gasteiger partial charge in [-0.15, -0.1) is 0 Å². The van der Waals surface area contributed by atoms with Gasteiger partial charge in [-0.3, -0.25) is 9.78 Å². The number of hydrogen-bond donors (Lipinski definition) is 1. The molecule has 0 fully saturated rings.